The zero-order chi connectivity index (χ0) is 28.0. The van der Waals surface area contributed by atoms with Gasteiger partial charge in [0.2, 0.25) is 5.13 Å². The summed E-state index contributed by atoms with van der Waals surface area (Å²) in [5.74, 6) is 0.368. The molecule has 0 unspecified atom stereocenters. The van der Waals surface area contributed by atoms with Gasteiger partial charge in [0.1, 0.15) is 16.5 Å². The van der Waals surface area contributed by atoms with Crippen LogP contribution >= 0.6 is 11.3 Å². The number of alkyl halides is 3. The first-order chi connectivity index (χ1) is 19.2. The zero-order valence-electron chi connectivity index (χ0n) is 21.3. The molecule has 5 aromatic rings. The van der Waals surface area contributed by atoms with Crippen molar-refractivity contribution in [2.75, 3.05) is 17.2 Å². The van der Waals surface area contributed by atoms with Crippen LogP contribution in [0.25, 0.3) is 21.9 Å². The molecule has 1 aliphatic heterocycles. The van der Waals surface area contributed by atoms with Crippen LogP contribution < -0.4 is 10.6 Å². The predicted molar refractivity (Wildman–Crippen MR) is 145 cm³/mol. The predicted octanol–water partition coefficient (Wildman–Crippen LogP) is 5.33. The summed E-state index contributed by atoms with van der Waals surface area (Å²) >= 11 is 1.15. The first-order valence-corrected chi connectivity index (χ1v) is 13.4. The molecule has 0 saturated carbocycles. The van der Waals surface area contributed by atoms with Gasteiger partial charge in [-0.25, -0.2) is 9.67 Å². The van der Waals surface area contributed by atoms with Crippen molar-refractivity contribution < 1.29 is 18.0 Å². The summed E-state index contributed by atoms with van der Waals surface area (Å²) in [4.78, 5) is 19.7. The monoisotopic (exact) mass is 564 g/mol. The van der Waals surface area contributed by atoms with Crippen LogP contribution in [0.15, 0.2) is 60.9 Å². The highest BCUT2D eigenvalue weighted by Gasteiger charge is 2.43. The van der Waals surface area contributed by atoms with Gasteiger partial charge in [0.05, 0.1) is 5.69 Å². The van der Waals surface area contributed by atoms with Gasteiger partial charge in [0.25, 0.3) is 5.91 Å². The molecule has 0 bridgehead atoms. The summed E-state index contributed by atoms with van der Waals surface area (Å²) < 4.78 is 45.1. The number of imidazole rings is 1. The molecule has 9 nitrogen and oxygen atoms in total. The quantitative estimate of drug-likeness (QED) is 0.299. The Kier molecular flexibility index (Phi) is 6.37. The van der Waals surface area contributed by atoms with Crippen LogP contribution in [0.1, 0.15) is 40.9 Å². The fourth-order valence-electron chi connectivity index (χ4n) is 4.91. The van der Waals surface area contributed by atoms with E-state index in [4.69, 9.17) is 5.73 Å². The number of aryl methyl sites for hydroxylation is 1. The van der Waals surface area contributed by atoms with E-state index < -0.39 is 17.8 Å². The van der Waals surface area contributed by atoms with Gasteiger partial charge < -0.3 is 15.2 Å². The van der Waals surface area contributed by atoms with Gasteiger partial charge in [-0.05, 0) is 49.2 Å². The number of hydrogen-bond donors (Lipinski definition) is 1. The maximum atomic E-state index is 14.0. The molecule has 3 aromatic heterocycles. The third kappa shape index (κ3) is 4.51. The first kappa shape index (κ1) is 25.7. The highest BCUT2D eigenvalue weighted by molar-refractivity contribution is 7.18. The molecular formula is C27H23F3N8OS. The largest absolute Gasteiger partial charge is 0.435 e. The minimum absolute atomic E-state index is 0.00641. The molecule has 40 heavy (non-hydrogen) atoms. The Morgan fingerprint density at radius 2 is 1.82 bits per heavy atom. The Morgan fingerprint density at radius 3 is 2.52 bits per heavy atom. The van der Waals surface area contributed by atoms with Crippen LogP contribution in [0.2, 0.25) is 0 Å². The van der Waals surface area contributed by atoms with Crippen molar-refractivity contribution >= 4 is 28.1 Å². The maximum absolute atomic E-state index is 14.0. The molecule has 2 aromatic carbocycles. The van der Waals surface area contributed by atoms with E-state index in [1.54, 1.807) is 42.6 Å². The second kappa shape index (κ2) is 9.90. The van der Waals surface area contributed by atoms with E-state index in [1.807, 2.05) is 22.9 Å². The van der Waals surface area contributed by atoms with E-state index in [1.165, 1.54) is 4.90 Å². The number of rotatable bonds is 6. The number of halogens is 3. The lowest BCUT2D eigenvalue weighted by Gasteiger charge is -2.28. The number of aromatic nitrogens is 6. The number of carbonyl (C=O) groups is 1. The number of hydrogen-bond acceptors (Lipinski definition) is 7. The van der Waals surface area contributed by atoms with Crippen molar-refractivity contribution in [2.45, 2.75) is 32.4 Å². The van der Waals surface area contributed by atoms with Crippen molar-refractivity contribution in [3.8, 4) is 21.9 Å². The number of amides is 1. The van der Waals surface area contributed by atoms with E-state index in [-0.39, 0.29) is 29.4 Å². The van der Waals surface area contributed by atoms with Crippen molar-refractivity contribution in [3.05, 3.63) is 83.7 Å². The fourth-order valence-corrected chi connectivity index (χ4v) is 5.52. The number of anilines is 2. The topological polar surface area (TPSA) is 108 Å². The van der Waals surface area contributed by atoms with Crippen molar-refractivity contribution in [2.24, 2.45) is 0 Å². The summed E-state index contributed by atoms with van der Waals surface area (Å²) in [5, 5.41) is 12.5. The Balaban J connectivity index is 1.39. The second-order valence-corrected chi connectivity index (χ2v) is 10.3. The molecule has 4 heterocycles. The van der Waals surface area contributed by atoms with Crippen molar-refractivity contribution in [1.29, 1.82) is 0 Å². The minimum atomic E-state index is -4.72. The Morgan fingerprint density at radius 1 is 1.05 bits per heavy atom. The van der Waals surface area contributed by atoms with Gasteiger partial charge in [-0.1, -0.05) is 30.4 Å². The lowest BCUT2D eigenvalue weighted by molar-refractivity contribution is -0.141. The SMILES string of the molecule is CCCc1nccn1-c1ccc(N2CCc3c(C(F)(F)F)nn(-c4cccc(-c5nnc(N)s5)c4)c3C2=O)cc1. The van der Waals surface area contributed by atoms with Crippen LogP contribution in [0.4, 0.5) is 24.0 Å². The van der Waals surface area contributed by atoms with Crippen LogP contribution in [0, 0.1) is 0 Å². The number of nitrogens with two attached hydrogens (primary N) is 1. The Labute approximate surface area is 230 Å². The molecule has 13 heteroatoms. The molecule has 0 aliphatic carbocycles. The van der Waals surface area contributed by atoms with E-state index in [0.717, 1.165) is 40.4 Å². The van der Waals surface area contributed by atoms with Gasteiger partial charge in [-0.15, -0.1) is 10.2 Å². The van der Waals surface area contributed by atoms with Crippen LogP contribution in [0.5, 0.6) is 0 Å². The van der Waals surface area contributed by atoms with E-state index in [2.05, 4.69) is 27.2 Å². The number of fused-ring (bicyclic) bond motifs is 1. The number of nitrogen functional groups attached to an aromatic ring is 1. The average Bonchev–Trinajstić information content (AvgIpc) is 3.68. The molecule has 0 atom stereocenters. The van der Waals surface area contributed by atoms with Gasteiger partial charge in [-0.2, -0.15) is 18.3 Å². The van der Waals surface area contributed by atoms with Crippen molar-refractivity contribution in [3.63, 3.8) is 0 Å². The molecule has 1 amide bonds. The summed E-state index contributed by atoms with van der Waals surface area (Å²) in [5.41, 5.74) is 6.78. The smallest absolute Gasteiger partial charge is 0.374 e. The third-order valence-corrected chi connectivity index (χ3v) is 7.50. The average molecular weight is 565 g/mol. The molecule has 2 N–H and O–H groups in total. The van der Waals surface area contributed by atoms with Crippen LogP contribution in [-0.2, 0) is 19.0 Å². The first-order valence-electron chi connectivity index (χ1n) is 12.6. The second-order valence-electron chi connectivity index (χ2n) is 9.27. The Hall–Kier alpha value is -4.52. The molecule has 0 spiro atoms. The molecule has 1 aliphatic rings. The third-order valence-electron chi connectivity index (χ3n) is 6.69. The number of carbonyl (C=O) groups excluding carboxylic acids is 1. The van der Waals surface area contributed by atoms with Gasteiger partial charge in [-0.3, -0.25) is 4.79 Å². The molecule has 6 rings (SSSR count). The summed E-state index contributed by atoms with van der Waals surface area (Å²) in [7, 11) is 0. The summed E-state index contributed by atoms with van der Waals surface area (Å²) in [6.45, 7) is 2.17. The lowest BCUT2D eigenvalue weighted by Crippen LogP contribution is -2.39. The molecule has 0 saturated heterocycles. The van der Waals surface area contributed by atoms with Crippen molar-refractivity contribution in [1.82, 2.24) is 29.5 Å². The van der Waals surface area contributed by atoms with Crippen LogP contribution in [0.3, 0.4) is 0 Å². The summed E-state index contributed by atoms with van der Waals surface area (Å²) in [6, 6.07) is 13.9. The molecule has 0 fully saturated rings. The fraction of sp³-hybridized carbons (Fsp3) is 0.222. The van der Waals surface area contributed by atoms with Gasteiger partial charge >= 0.3 is 6.18 Å². The highest BCUT2D eigenvalue weighted by atomic mass is 32.1. The van der Waals surface area contributed by atoms with Crippen LogP contribution in [-0.4, -0.2) is 42.0 Å². The normalized spacial score (nSPS) is 13.6. The maximum Gasteiger partial charge on any atom is 0.435 e. The highest BCUT2D eigenvalue weighted by Crippen LogP contribution is 2.38. The number of nitrogens with zero attached hydrogens (tertiary/aromatic N) is 7. The minimum Gasteiger partial charge on any atom is -0.374 e. The Bertz CT molecular complexity index is 1700. The lowest BCUT2D eigenvalue weighted by atomic mass is 10.0. The standard InChI is InChI=1S/C27H23F3N8OS/c1-2-4-21-32-12-14-36(21)17-7-9-18(10-8-17)37-13-11-20-22(25(37)39)38(35-23(20)27(28,29)30)19-6-3-5-16(15-19)24-33-34-26(31)40-24/h3,5-10,12,14-15H,2,4,11,13H2,1H3,(H2,31,34). The van der Waals surface area contributed by atoms with E-state index in [0.29, 0.717) is 21.9 Å². The zero-order valence-corrected chi connectivity index (χ0v) is 22.1. The van der Waals surface area contributed by atoms with Gasteiger partial charge in [0.15, 0.2) is 5.69 Å². The van der Waals surface area contributed by atoms with E-state index in [9.17, 15) is 18.0 Å². The molecule has 0 radical (unpaired) electrons. The van der Waals surface area contributed by atoms with E-state index >= 15 is 0 Å². The molecular weight excluding hydrogens is 541 g/mol. The number of benzene rings is 2. The van der Waals surface area contributed by atoms with Gasteiger partial charge in [0, 0.05) is 47.9 Å². The summed E-state index contributed by atoms with van der Waals surface area (Å²) in [6.07, 6.45) is 0.674. The molecule has 204 valence electrons.